The van der Waals surface area contributed by atoms with Crippen molar-refractivity contribution in [3.63, 3.8) is 0 Å². The zero-order valence-electron chi connectivity index (χ0n) is 6.92. The molecule has 1 rings (SSSR count). The van der Waals surface area contributed by atoms with E-state index in [9.17, 15) is 4.79 Å². The fourth-order valence-electron chi connectivity index (χ4n) is 1.51. The summed E-state index contributed by atoms with van der Waals surface area (Å²) < 4.78 is 0. The van der Waals surface area contributed by atoms with Crippen LogP contribution in [0.5, 0.6) is 0 Å². The molecule has 0 amide bonds. The summed E-state index contributed by atoms with van der Waals surface area (Å²) in [7, 11) is 0. The number of terminal acetylenes is 1. The zero-order valence-corrected chi connectivity index (χ0v) is 6.92. The number of rotatable bonds is 2. The lowest BCUT2D eigenvalue weighted by molar-refractivity contribution is -0.149. The van der Waals surface area contributed by atoms with Crippen molar-refractivity contribution in [3.05, 3.63) is 12.2 Å². The van der Waals surface area contributed by atoms with E-state index in [0.717, 1.165) is 6.42 Å². The Balaban J connectivity index is 2.80. The second-order valence-corrected chi connectivity index (χ2v) is 3.18. The third kappa shape index (κ3) is 1.50. The van der Waals surface area contributed by atoms with Crippen LogP contribution in [0.15, 0.2) is 12.2 Å². The van der Waals surface area contributed by atoms with E-state index in [4.69, 9.17) is 11.5 Å². The van der Waals surface area contributed by atoms with Gasteiger partial charge in [-0.05, 0) is 19.3 Å². The SMILES string of the molecule is C#CCC1(C(=O)O)CC=CCC1. The van der Waals surface area contributed by atoms with Crippen LogP contribution in [0, 0.1) is 17.8 Å². The minimum Gasteiger partial charge on any atom is -0.481 e. The first-order valence-electron chi connectivity index (χ1n) is 4.03. The summed E-state index contributed by atoms with van der Waals surface area (Å²) in [5.41, 5.74) is -0.677. The molecule has 2 heteroatoms. The van der Waals surface area contributed by atoms with Crippen LogP contribution in [0.1, 0.15) is 25.7 Å². The Morgan fingerprint density at radius 1 is 1.67 bits per heavy atom. The number of hydrogen-bond acceptors (Lipinski definition) is 1. The second kappa shape index (κ2) is 3.44. The van der Waals surface area contributed by atoms with Crippen LogP contribution in [-0.2, 0) is 4.79 Å². The molecule has 1 aliphatic rings. The highest BCUT2D eigenvalue weighted by atomic mass is 16.4. The van der Waals surface area contributed by atoms with Crippen molar-refractivity contribution in [3.8, 4) is 12.3 Å². The molecular formula is C10H12O2. The lowest BCUT2D eigenvalue weighted by atomic mass is 9.75. The molecule has 12 heavy (non-hydrogen) atoms. The van der Waals surface area contributed by atoms with Crippen molar-refractivity contribution in [2.45, 2.75) is 25.7 Å². The molecule has 0 aromatic carbocycles. The summed E-state index contributed by atoms with van der Waals surface area (Å²) in [6.45, 7) is 0. The first kappa shape index (κ1) is 8.86. The highest BCUT2D eigenvalue weighted by Crippen LogP contribution is 2.35. The molecule has 0 saturated carbocycles. The van der Waals surface area contributed by atoms with Gasteiger partial charge in [0, 0.05) is 6.42 Å². The van der Waals surface area contributed by atoms with Gasteiger partial charge in [0.15, 0.2) is 0 Å². The Kier molecular flexibility index (Phi) is 2.54. The Labute approximate surface area is 72.3 Å². The van der Waals surface area contributed by atoms with Crippen LogP contribution >= 0.6 is 0 Å². The van der Waals surface area contributed by atoms with Gasteiger partial charge in [0.25, 0.3) is 0 Å². The van der Waals surface area contributed by atoms with Crippen molar-refractivity contribution in [1.29, 1.82) is 0 Å². The molecule has 1 aliphatic carbocycles. The Morgan fingerprint density at radius 2 is 2.42 bits per heavy atom. The summed E-state index contributed by atoms with van der Waals surface area (Å²) >= 11 is 0. The van der Waals surface area contributed by atoms with Gasteiger partial charge in [-0.15, -0.1) is 12.3 Å². The molecule has 1 atom stereocenters. The summed E-state index contributed by atoms with van der Waals surface area (Å²) in [5, 5.41) is 8.99. The molecule has 0 radical (unpaired) electrons. The molecule has 0 spiro atoms. The Morgan fingerprint density at radius 3 is 2.83 bits per heavy atom. The maximum atomic E-state index is 10.9. The summed E-state index contributed by atoms with van der Waals surface area (Å²) in [6.07, 6.45) is 11.5. The summed E-state index contributed by atoms with van der Waals surface area (Å²) in [4.78, 5) is 10.9. The van der Waals surface area contributed by atoms with Crippen molar-refractivity contribution in [2.24, 2.45) is 5.41 Å². The first-order valence-corrected chi connectivity index (χ1v) is 4.03. The number of carboxylic acid groups (broad SMARTS) is 1. The maximum Gasteiger partial charge on any atom is 0.310 e. The van der Waals surface area contributed by atoms with Gasteiger partial charge in [0.2, 0.25) is 0 Å². The number of hydrogen-bond donors (Lipinski definition) is 1. The maximum absolute atomic E-state index is 10.9. The van der Waals surface area contributed by atoms with E-state index in [1.165, 1.54) is 0 Å². The molecule has 64 valence electrons. The highest BCUT2D eigenvalue weighted by molar-refractivity contribution is 5.75. The van der Waals surface area contributed by atoms with E-state index in [2.05, 4.69) is 5.92 Å². The van der Waals surface area contributed by atoms with Crippen LogP contribution < -0.4 is 0 Å². The van der Waals surface area contributed by atoms with E-state index in [0.29, 0.717) is 19.3 Å². The van der Waals surface area contributed by atoms with E-state index < -0.39 is 11.4 Å². The fraction of sp³-hybridized carbons (Fsp3) is 0.500. The molecule has 1 N–H and O–H groups in total. The fourth-order valence-corrected chi connectivity index (χ4v) is 1.51. The molecule has 0 aromatic heterocycles. The topological polar surface area (TPSA) is 37.3 Å². The molecule has 0 heterocycles. The minimum atomic E-state index is -0.759. The molecule has 0 fully saturated rings. The smallest absolute Gasteiger partial charge is 0.310 e. The zero-order chi connectivity index (χ0) is 9.03. The molecule has 2 nitrogen and oxygen atoms in total. The van der Waals surface area contributed by atoms with Crippen molar-refractivity contribution >= 4 is 5.97 Å². The third-order valence-electron chi connectivity index (χ3n) is 2.36. The molecular weight excluding hydrogens is 152 g/mol. The number of aliphatic carboxylic acids is 1. The summed E-state index contributed by atoms with van der Waals surface area (Å²) in [5.74, 6) is 1.69. The van der Waals surface area contributed by atoms with Crippen LogP contribution in [0.4, 0.5) is 0 Å². The van der Waals surface area contributed by atoms with Gasteiger partial charge in [0.1, 0.15) is 0 Å². The van der Waals surface area contributed by atoms with Crippen LogP contribution in [0.3, 0.4) is 0 Å². The first-order chi connectivity index (χ1) is 5.71. The standard InChI is InChI=1S/C10H12O2/c1-2-6-10(9(11)12)7-4-3-5-8-10/h1,3-4H,5-8H2,(H,11,12). The number of carbonyl (C=O) groups is 1. The van der Waals surface area contributed by atoms with E-state index in [1.807, 2.05) is 12.2 Å². The molecule has 0 bridgehead atoms. The van der Waals surface area contributed by atoms with E-state index in [-0.39, 0.29) is 0 Å². The van der Waals surface area contributed by atoms with Gasteiger partial charge in [-0.25, -0.2) is 0 Å². The van der Waals surface area contributed by atoms with Gasteiger partial charge in [0.05, 0.1) is 5.41 Å². The quantitative estimate of drug-likeness (QED) is 0.499. The van der Waals surface area contributed by atoms with Crippen molar-refractivity contribution in [1.82, 2.24) is 0 Å². The molecule has 0 aromatic rings. The molecule has 0 saturated heterocycles. The largest absolute Gasteiger partial charge is 0.481 e. The van der Waals surface area contributed by atoms with E-state index >= 15 is 0 Å². The number of carboxylic acids is 1. The van der Waals surface area contributed by atoms with Gasteiger partial charge in [-0.2, -0.15) is 0 Å². The van der Waals surface area contributed by atoms with Crippen molar-refractivity contribution in [2.75, 3.05) is 0 Å². The molecule has 0 aliphatic heterocycles. The predicted molar refractivity (Wildman–Crippen MR) is 46.5 cm³/mol. The lowest BCUT2D eigenvalue weighted by Crippen LogP contribution is -2.31. The average molecular weight is 164 g/mol. The lowest BCUT2D eigenvalue weighted by Gasteiger charge is -2.28. The van der Waals surface area contributed by atoms with Crippen LogP contribution in [-0.4, -0.2) is 11.1 Å². The van der Waals surface area contributed by atoms with Crippen LogP contribution in [0.25, 0.3) is 0 Å². The minimum absolute atomic E-state index is 0.340. The van der Waals surface area contributed by atoms with Gasteiger partial charge in [-0.3, -0.25) is 4.79 Å². The van der Waals surface area contributed by atoms with Gasteiger partial charge in [-0.1, -0.05) is 12.2 Å². The Hall–Kier alpha value is -1.23. The predicted octanol–water partition coefficient (Wildman–Crippen LogP) is 1.82. The van der Waals surface area contributed by atoms with Gasteiger partial charge >= 0.3 is 5.97 Å². The second-order valence-electron chi connectivity index (χ2n) is 3.18. The van der Waals surface area contributed by atoms with Gasteiger partial charge < -0.3 is 5.11 Å². The normalized spacial score (nSPS) is 27.9. The third-order valence-corrected chi connectivity index (χ3v) is 2.36. The average Bonchev–Trinajstić information content (AvgIpc) is 2.06. The number of allylic oxidation sites excluding steroid dienone is 2. The monoisotopic (exact) mass is 164 g/mol. The Bertz CT molecular complexity index is 247. The van der Waals surface area contributed by atoms with Crippen LogP contribution in [0.2, 0.25) is 0 Å². The van der Waals surface area contributed by atoms with Crippen molar-refractivity contribution < 1.29 is 9.90 Å². The molecule has 1 unspecified atom stereocenters. The summed E-state index contributed by atoms with van der Waals surface area (Å²) in [6, 6.07) is 0. The highest BCUT2D eigenvalue weighted by Gasteiger charge is 2.37. The van der Waals surface area contributed by atoms with E-state index in [1.54, 1.807) is 0 Å².